The number of carboxylic acids is 2. The smallest absolute Gasteiger partial charge is 0.335 e. The Kier molecular flexibility index (Phi) is 4.68. The molecule has 0 fully saturated rings. The van der Waals surface area contributed by atoms with Crippen LogP contribution in [0.4, 0.5) is 0 Å². The van der Waals surface area contributed by atoms with Crippen molar-refractivity contribution in [3.05, 3.63) is 70.8 Å². The van der Waals surface area contributed by atoms with Gasteiger partial charge in [0.15, 0.2) is 0 Å². The average molecular weight is 286 g/mol. The monoisotopic (exact) mass is 286 g/mol. The Labute approximate surface area is 121 Å². The third-order valence-electron chi connectivity index (χ3n) is 2.89. The lowest BCUT2D eigenvalue weighted by Gasteiger charge is -2.06. The first-order chi connectivity index (χ1) is 10.1. The summed E-state index contributed by atoms with van der Waals surface area (Å²) in [5, 5.41) is 17.8. The number of benzene rings is 2. The molecule has 0 aliphatic carbocycles. The Balaban J connectivity index is 1.95. The molecule has 2 aromatic carbocycles. The van der Waals surface area contributed by atoms with Gasteiger partial charge in [-0.25, -0.2) is 9.59 Å². The lowest BCUT2D eigenvalue weighted by Crippen LogP contribution is -2.00. The first kappa shape index (κ1) is 14.7. The van der Waals surface area contributed by atoms with Crippen LogP contribution in [0, 0.1) is 0 Å². The zero-order valence-corrected chi connectivity index (χ0v) is 11.2. The highest BCUT2D eigenvalue weighted by Gasteiger charge is 2.05. The van der Waals surface area contributed by atoms with E-state index in [1.165, 1.54) is 12.1 Å². The van der Waals surface area contributed by atoms with Crippen molar-refractivity contribution in [2.24, 2.45) is 0 Å². The molecule has 0 spiro atoms. The fourth-order valence-corrected chi connectivity index (χ4v) is 1.88. The average Bonchev–Trinajstić information content (AvgIpc) is 2.48. The molecule has 108 valence electrons. The maximum absolute atomic E-state index is 10.9. The minimum Gasteiger partial charge on any atom is -0.478 e. The van der Waals surface area contributed by atoms with Gasteiger partial charge >= 0.3 is 11.9 Å². The summed E-state index contributed by atoms with van der Waals surface area (Å²) in [6.45, 7) is 0.525. The summed E-state index contributed by atoms with van der Waals surface area (Å²) in [5.74, 6) is -1.96. The lowest BCUT2D eigenvalue weighted by molar-refractivity contribution is 0.0686. The molecule has 0 saturated heterocycles. The highest BCUT2D eigenvalue weighted by molar-refractivity contribution is 5.88. The second kappa shape index (κ2) is 6.67. The number of carbonyl (C=O) groups is 2. The molecule has 0 aliphatic rings. The van der Waals surface area contributed by atoms with Crippen LogP contribution < -0.4 is 0 Å². The first-order valence-electron chi connectivity index (χ1n) is 6.28. The molecule has 5 nitrogen and oxygen atoms in total. The molecule has 2 rings (SSSR count). The van der Waals surface area contributed by atoms with E-state index in [1.807, 2.05) is 0 Å². The van der Waals surface area contributed by atoms with Crippen LogP contribution in [-0.2, 0) is 18.0 Å². The van der Waals surface area contributed by atoms with Crippen molar-refractivity contribution in [3.8, 4) is 0 Å². The first-order valence-corrected chi connectivity index (χ1v) is 6.28. The number of aromatic carboxylic acids is 2. The predicted molar refractivity (Wildman–Crippen MR) is 75.3 cm³/mol. The number of rotatable bonds is 6. The van der Waals surface area contributed by atoms with Gasteiger partial charge in [0, 0.05) is 0 Å². The summed E-state index contributed by atoms with van der Waals surface area (Å²) in [6.07, 6.45) is 0. The van der Waals surface area contributed by atoms with E-state index >= 15 is 0 Å². The van der Waals surface area contributed by atoms with Gasteiger partial charge in [-0.3, -0.25) is 0 Å². The van der Waals surface area contributed by atoms with Gasteiger partial charge < -0.3 is 14.9 Å². The molecule has 0 saturated carbocycles. The number of ether oxygens (including phenoxy) is 1. The highest BCUT2D eigenvalue weighted by Crippen LogP contribution is 2.10. The van der Waals surface area contributed by atoms with Crippen LogP contribution in [0.15, 0.2) is 48.5 Å². The Bertz CT molecular complexity index is 606. The standard InChI is InChI=1S/C16H14O5/c17-15(18)13-5-1-3-11(7-13)9-21-10-12-4-2-6-14(8-12)16(19)20/h1-8H,9-10H2,(H,17,18)(H,19,20). The third kappa shape index (κ3) is 4.15. The minimum atomic E-state index is -0.981. The van der Waals surface area contributed by atoms with Crippen LogP contribution in [0.2, 0.25) is 0 Å². The summed E-state index contributed by atoms with van der Waals surface area (Å²) >= 11 is 0. The van der Waals surface area contributed by atoms with Gasteiger partial charge in [0.2, 0.25) is 0 Å². The molecule has 5 heteroatoms. The van der Waals surface area contributed by atoms with Crippen molar-refractivity contribution in [1.29, 1.82) is 0 Å². The van der Waals surface area contributed by atoms with Crippen LogP contribution in [0.25, 0.3) is 0 Å². The van der Waals surface area contributed by atoms with Crippen LogP contribution in [0.5, 0.6) is 0 Å². The molecule has 2 aromatic rings. The van der Waals surface area contributed by atoms with E-state index in [9.17, 15) is 9.59 Å². The molecular formula is C16H14O5. The maximum Gasteiger partial charge on any atom is 0.335 e. The van der Waals surface area contributed by atoms with Crippen LogP contribution in [-0.4, -0.2) is 22.2 Å². The SMILES string of the molecule is O=C(O)c1cccc(COCc2cccc(C(=O)O)c2)c1. The van der Waals surface area contributed by atoms with E-state index in [0.29, 0.717) is 0 Å². The Morgan fingerprint density at radius 3 is 1.62 bits per heavy atom. The van der Waals surface area contributed by atoms with Gasteiger partial charge in [-0.15, -0.1) is 0 Å². The Morgan fingerprint density at radius 1 is 0.810 bits per heavy atom. The Hall–Kier alpha value is -2.66. The molecular weight excluding hydrogens is 272 g/mol. The zero-order chi connectivity index (χ0) is 15.2. The van der Waals surface area contributed by atoms with E-state index in [1.54, 1.807) is 36.4 Å². The molecule has 0 aliphatic heterocycles. The van der Waals surface area contributed by atoms with Crippen LogP contribution >= 0.6 is 0 Å². The summed E-state index contributed by atoms with van der Waals surface area (Å²) in [5.41, 5.74) is 1.93. The topological polar surface area (TPSA) is 83.8 Å². The van der Waals surface area contributed by atoms with E-state index < -0.39 is 11.9 Å². The van der Waals surface area contributed by atoms with Crippen molar-refractivity contribution < 1.29 is 24.5 Å². The predicted octanol–water partition coefficient (Wildman–Crippen LogP) is 2.80. The molecule has 0 aromatic heterocycles. The fourth-order valence-electron chi connectivity index (χ4n) is 1.88. The molecule has 21 heavy (non-hydrogen) atoms. The lowest BCUT2D eigenvalue weighted by atomic mass is 10.1. The molecule has 0 heterocycles. The maximum atomic E-state index is 10.9. The molecule has 0 atom stereocenters. The van der Waals surface area contributed by atoms with Crippen molar-refractivity contribution >= 4 is 11.9 Å². The molecule has 0 unspecified atom stereocenters. The summed E-state index contributed by atoms with van der Waals surface area (Å²) in [6, 6.07) is 13.0. The Morgan fingerprint density at radius 2 is 1.24 bits per heavy atom. The fraction of sp³-hybridized carbons (Fsp3) is 0.125. The summed E-state index contributed by atoms with van der Waals surface area (Å²) in [4.78, 5) is 21.7. The van der Waals surface area contributed by atoms with Gasteiger partial charge in [-0.1, -0.05) is 24.3 Å². The zero-order valence-electron chi connectivity index (χ0n) is 11.2. The minimum absolute atomic E-state index is 0.212. The molecule has 0 radical (unpaired) electrons. The van der Waals surface area contributed by atoms with Crippen molar-refractivity contribution in [1.82, 2.24) is 0 Å². The second-order valence-electron chi connectivity index (χ2n) is 4.50. The number of hydrogen-bond acceptors (Lipinski definition) is 3. The molecule has 0 bridgehead atoms. The quantitative estimate of drug-likeness (QED) is 0.853. The summed E-state index contributed by atoms with van der Waals surface area (Å²) < 4.78 is 5.49. The van der Waals surface area contributed by atoms with Crippen LogP contribution in [0.1, 0.15) is 31.8 Å². The van der Waals surface area contributed by atoms with Crippen molar-refractivity contribution in [2.75, 3.05) is 0 Å². The van der Waals surface area contributed by atoms with E-state index in [0.717, 1.165) is 11.1 Å². The van der Waals surface area contributed by atoms with Crippen molar-refractivity contribution in [3.63, 3.8) is 0 Å². The van der Waals surface area contributed by atoms with Gasteiger partial charge in [-0.2, -0.15) is 0 Å². The molecule has 2 N–H and O–H groups in total. The second-order valence-corrected chi connectivity index (χ2v) is 4.50. The number of hydrogen-bond donors (Lipinski definition) is 2. The van der Waals surface area contributed by atoms with Crippen molar-refractivity contribution in [2.45, 2.75) is 13.2 Å². The van der Waals surface area contributed by atoms with E-state index in [2.05, 4.69) is 0 Å². The van der Waals surface area contributed by atoms with E-state index in [4.69, 9.17) is 14.9 Å². The normalized spacial score (nSPS) is 10.3. The van der Waals surface area contributed by atoms with Crippen LogP contribution in [0.3, 0.4) is 0 Å². The van der Waals surface area contributed by atoms with Gasteiger partial charge in [0.25, 0.3) is 0 Å². The summed E-state index contributed by atoms with van der Waals surface area (Å²) in [7, 11) is 0. The van der Waals surface area contributed by atoms with Gasteiger partial charge in [-0.05, 0) is 35.4 Å². The largest absolute Gasteiger partial charge is 0.478 e. The van der Waals surface area contributed by atoms with Gasteiger partial charge in [0.05, 0.1) is 24.3 Å². The van der Waals surface area contributed by atoms with E-state index in [-0.39, 0.29) is 24.3 Å². The molecule has 0 amide bonds. The highest BCUT2D eigenvalue weighted by atomic mass is 16.5. The third-order valence-corrected chi connectivity index (χ3v) is 2.89. The number of carboxylic acid groups (broad SMARTS) is 2. The van der Waals surface area contributed by atoms with Gasteiger partial charge in [0.1, 0.15) is 0 Å².